The highest BCUT2D eigenvalue weighted by Gasteiger charge is 2.21. The maximum atomic E-state index is 11.0. The number of hydrogen-bond donors (Lipinski definition) is 1. The van der Waals surface area contributed by atoms with Crippen LogP contribution in [0.2, 0.25) is 0 Å². The number of nitro benzene ring substituents is 1. The van der Waals surface area contributed by atoms with Crippen LogP contribution >= 0.6 is 0 Å². The van der Waals surface area contributed by atoms with Gasteiger partial charge in [-0.15, -0.1) is 0 Å². The Morgan fingerprint density at radius 1 is 1.56 bits per heavy atom. The Kier molecular flexibility index (Phi) is 4.15. The molecule has 0 spiro atoms. The second-order valence-corrected chi connectivity index (χ2v) is 4.50. The molecule has 1 N–H and O–H groups in total. The highest BCUT2D eigenvalue weighted by Crippen LogP contribution is 2.29. The maximum Gasteiger partial charge on any atom is 0.311 e. The van der Waals surface area contributed by atoms with E-state index in [2.05, 4.69) is 5.32 Å². The number of aryl methyl sites for hydroxylation is 1. The Morgan fingerprint density at radius 3 is 3.00 bits per heavy atom. The molecule has 1 aromatic rings. The van der Waals surface area contributed by atoms with Crippen LogP contribution in [-0.4, -0.2) is 24.1 Å². The maximum absolute atomic E-state index is 11.0. The lowest BCUT2D eigenvalue weighted by molar-refractivity contribution is -0.386. The average Bonchev–Trinajstić information content (AvgIpc) is 2.40. The molecule has 1 aromatic carbocycles. The van der Waals surface area contributed by atoms with Crippen LogP contribution in [0.1, 0.15) is 25.3 Å². The number of nitrogens with one attached hydrogen (secondary N) is 1. The molecule has 0 radical (unpaired) electrons. The van der Waals surface area contributed by atoms with Crippen molar-refractivity contribution in [3.63, 3.8) is 0 Å². The van der Waals surface area contributed by atoms with E-state index in [1.54, 1.807) is 12.1 Å². The molecule has 98 valence electrons. The van der Waals surface area contributed by atoms with Gasteiger partial charge in [0.2, 0.25) is 0 Å². The zero-order valence-corrected chi connectivity index (χ0v) is 10.5. The molecule has 2 rings (SSSR count). The van der Waals surface area contributed by atoms with Gasteiger partial charge in [0.15, 0.2) is 5.75 Å². The first-order valence-corrected chi connectivity index (χ1v) is 6.35. The largest absolute Gasteiger partial charge is 0.482 e. The molecule has 5 nitrogen and oxygen atoms in total. The Hall–Kier alpha value is -1.62. The Balaban J connectivity index is 2.17. The molecular formula is C13H18N2O3. The normalized spacial score (nSPS) is 19.5. The van der Waals surface area contributed by atoms with E-state index in [0.29, 0.717) is 5.75 Å². The minimum atomic E-state index is -0.370. The molecule has 0 amide bonds. The van der Waals surface area contributed by atoms with Gasteiger partial charge in [-0.1, -0.05) is 13.0 Å². The zero-order valence-electron chi connectivity index (χ0n) is 10.5. The molecule has 1 aliphatic rings. The SMILES string of the molecule is CCc1ccc(OC2CCCNC2)c([N+](=O)[O-])c1. The van der Waals surface area contributed by atoms with Crippen molar-refractivity contribution in [1.82, 2.24) is 5.32 Å². The van der Waals surface area contributed by atoms with Gasteiger partial charge in [0.1, 0.15) is 6.10 Å². The third-order valence-electron chi connectivity index (χ3n) is 3.17. The Bertz CT molecular complexity index is 428. The summed E-state index contributed by atoms with van der Waals surface area (Å²) in [4.78, 5) is 10.7. The van der Waals surface area contributed by atoms with Crippen LogP contribution < -0.4 is 10.1 Å². The third kappa shape index (κ3) is 2.98. The van der Waals surface area contributed by atoms with Gasteiger partial charge < -0.3 is 10.1 Å². The van der Waals surface area contributed by atoms with Crippen molar-refractivity contribution in [1.29, 1.82) is 0 Å². The van der Waals surface area contributed by atoms with Crippen LogP contribution in [0.25, 0.3) is 0 Å². The summed E-state index contributed by atoms with van der Waals surface area (Å²) < 4.78 is 5.74. The minimum absolute atomic E-state index is 0.0323. The number of ether oxygens (including phenoxy) is 1. The first-order chi connectivity index (χ1) is 8.70. The monoisotopic (exact) mass is 250 g/mol. The van der Waals surface area contributed by atoms with Gasteiger partial charge in [0, 0.05) is 12.6 Å². The molecular weight excluding hydrogens is 232 g/mol. The molecule has 1 atom stereocenters. The topological polar surface area (TPSA) is 64.4 Å². The highest BCUT2D eigenvalue weighted by atomic mass is 16.6. The molecule has 1 unspecified atom stereocenters. The fourth-order valence-electron chi connectivity index (χ4n) is 2.13. The molecule has 1 heterocycles. The molecule has 0 aliphatic carbocycles. The number of piperidine rings is 1. The lowest BCUT2D eigenvalue weighted by atomic mass is 10.1. The van der Waals surface area contributed by atoms with E-state index in [1.165, 1.54) is 0 Å². The summed E-state index contributed by atoms with van der Waals surface area (Å²) in [5, 5.41) is 14.3. The van der Waals surface area contributed by atoms with Crippen LogP contribution in [0.5, 0.6) is 5.75 Å². The van der Waals surface area contributed by atoms with Crippen LogP contribution in [0, 0.1) is 10.1 Å². The number of nitrogens with zero attached hydrogens (tertiary/aromatic N) is 1. The third-order valence-corrected chi connectivity index (χ3v) is 3.17. The molecule has 18 heavy (non-hydrogen) atoms. The van der Waals surface area contributed by atoms with E-state index < -0.39 is 0 Å². The first-order valence-electron chi connectivity index (χ1n) is 6.35. The fourth-order valence-corrected chi connectivity index (χ4v) is 2.13. The number of hydrogen-bond acceptors (Lipinski definition) is 4. The van der Waals surface area contributed by atoms with E-state index in [-0.39, 0.29) is 16.7 Å². The van der Waals surface area contributed by atoms with Crippen LogP contribution in [0.3, 0.4) is 0 Å². The summed E-state index contributed by atoms with van der Waals surface area (Å²) in [6, 6.07) is 5.20. The molecule has 0 bridgehead atoms. The van der Waals surface area contributed by atoms with Crippen molar-refractivity contribution in [2.45, 2.75) is 32.3 Å². The van der Waals surface area contributed by atoms with Crippen molar-refractivity contribution in [2.75, 3.05) is 13.1 Å². The van der Waals surface area contributed by atoms with E-state index in [4.69, 9.17) is 4.74 Å². The molecule has 0 aromatic heterocycles. The molecule has 1 fully saturated rings. The van der Waals surface area contributed by atoms with E-state index in [9.17, 15) is 10.1 Å². The lowest BCUT2D eigenvalue weighted by Crippen LogP contribution is -2.37. The van der Waals surface area contributed by atoms with E-state index in [1.807, 2.05) is 13.0 Å². The van der Waals surface area contributed by atoms with Crippen molar-refractivity contribution in [3.8, 4) is 5.75 Å². The number of nitro groups is 1. The molecule has 5 heteroatoms. The van der Waals surface area contributed by atoms with Crippen molar-refractivity contribution in [3.05, 3.63) is 33.9 Å². The summed E-state index contributed by atoms with van der Waals surface area (Å²) >= 11 is 0. The predicted molar refractivity (Wildman–Crippen MR) is 69.0 cm³/mol. The van der Waals surface area contributed by atoms with Gasteiger partial charge in [-0.3, -0.25) is 10.1 Å². The van der Waals surface area contributed by atoms with Crippen LogP contribution in [-0.2, 0) is 6.42 Å². The molecule has 0 saturated carbocycles. The zero-order chi connectivity index (χ0) is 13.0. The first kappa shape index (κ1) is 12.8. The van der Waals surface area contributed by atoms with Gasteiger partial charge >= 0.3 is 5.69 Å². The standard InChI is InChI=1S/C13H18N2O3/c1-2-10-5-6-13(12(8-10)15(16)17)18-11-4-3-7-14-9-11/h5-6,8,11,14H,2-4,7,9H2,1H3. The van der Waals surface area contributed by atoms with Gasteiger partial charge in [-0.25, -0.2) is 0 Å². The summed E-state index contributed by atoms with van der Waals surface area (Å²) in [6.45, 7) is 3.73. The van der Waals surface area contributed by atoms with Crippen molar-refractivity contribution in [2.24, 2.45) is 0 Å². The lowest BCUT2D eigenvalue weighted by Gasteiger charge is -2.23. The van der Waals surface area contributed by atoms with Crippen LogP contribution in [0.4, 0.5) is 5.69 Å². The molecule has 1 saturated heterocycles. The van der Waals surface area contributed by atoms with Crippen molar-refractivity contribution < 1.29 is 9.66 Å². The van der Waals surface area contributed by atoms with Gasteiger partial charge in [-0.2, -0.15) is 0 Å². The van der Waals surface area contributed by atoms with Gasteiger partial charge in [0.25, 0.3) is 0 Å². The summed E-state index contributed by atoms with van der Waals surface area (Å²) in [6.07, 6.45) is 2.81. The van der Waals surface area contributed by atoms with Crippen molar-refractivity contribution >= 4 is 5.69 Å². The highest BCUT2D eigenvalue weighted by molar-refractivity contribution is 5.48. The second kappa shape index (κ2) is 5.82. The Labute approximate surface area is 106 Å². The van der Waals surface area contributed by atoms with Crippen LogP contribution in [0.15, 0.2) is 18.2 Å². The average molecular weight is 250 g/mol. The van der Waals surface area contributed by atoms with Gasteiger partial charge in [0.05, 0.1) is 4.92 Å². The van der Waals surface area contributed by atoms with Gasteiger partial charge in [-0.05, 0) is 37.4 Å². The smallest absolute Gasteiger partial charge is 0.311 e. The number of rotatable bonds is 4. The Morgan fingerprint density at radius 2 is 2.39 bits per heavy atom. The molecule has 1 aliphatic heterocycles. The minimum Gasteiger partial charge on any atom is -0.482 e. The number of benzene rings is 1. The predicted octanol–water partition coefficient (Wildman–Crippen LogP) is 2.29. The van der Waals surface area contributed by atoms with E-state index in [0.717, 1.165) is 37.9 Å². The van der Waals surface area contributed by atoms with E-state index >= 15 is 0 Å². The summed E-state index contributed by atoms with van der Waals surface area (Å²) in [5.74, 6) is 0.380. The second-order valence-electron chi connectivity index (χ2n) is 4.50. The quantitative estimate of drug-likeness (QED) is 0.657. The summed E-state index contributed by atoms with van der Waals surface area (Å²) in [7, 11) is 0. The fraction of sp³-hybridized carbons (Fsp3) is 0.538. The summed E-state index contributed by atoms with van der Waals surface area (Å²) in [5.41, 5.74) is 1.02.